The normalized spacial score (nSPS) is 15.6. The number of phenolic OH excluding ortho intramolecular Hbond substituents is 1. The van der Waals surface area contributed by atoms with Crippen molar-refractivity contribution >= 4 is 21.3 Å². The van der Waals surface area contributed by atoms with Crippen LogP contribution in [-0.4, -0.2) is 31.5 Å². The van der Waals surface area contributed by atoms with Gasteiger partial charge in [-0.25, -0.2) is 0 Å². The molecule has 0 aliphatic heterocycles. The molecule has 1 N–H and O–H groups in total. The van der Waals surface area contributed by atoms with Gasteiger partial charge < -0.3 is 23.2 Å². The van der Waals surface area contributed by atoms with Crippen molar-refractivity contribution in [3.63, 3.8) is 0 Å². The minimum atomic E-state index is -4.02. The Labute approximate surface area is 211 Å². The van der Waals surface area contributed by atoms with Crippen LogP contribution in [0.4, 0.5) is 0 Å². The molecule has 0 bridgehead atoms. The fourth-order valence-electron chi connectivity index (χ4n) is 4.28. The van der Waals surface area contributed by atoms with Gasteiger partial charge in [-0.1, -0.05) is 47.6 Å². The molecule has 0 heterocycles. The molecule has 2 rings (SSSR count). The van der Waals surface area contributed by atoms with Crippen molar-refractivity contribution in [3.05, 3.63) is 33.9 Å². The molecule has 1 aromatic rings. The van der Waals surface area contributed by atoms with Crippen LogP contribution in [0.25, 0.3) is 6.08 Å². The summed E-state index contributed by atoms with van der Waals surface area (Å²) in [6.45, 7) is 12.6. The molecule has 7 nitrogen and oxygen atoms in total. The first-order valence-electron chi connectivity index (χ1n) is 12.9. The van der Waals surface area contributed by atoms with Gasteiger partial charge in [0.2, 0.25) is 0 Å². The summed E-state index contributed by atoms with van der Waals surface area (Å²) in [6, 6.07) is 3.41. The van der Waals surface area contributed by atoms with Crippen LogP contribution in [-0.2, 0) is 39.1 Å². The zero-order chi connectivity index (χ0) is 26.1. The molecule has 9 heteroatoms. The number of rotatable bonds is 15. The molecule has 0 unspecified atom stereocenters. The van der Waals surface area contributed by atoms with E-state index in [-0.39, 0.29) is 42.6 Å². The second kappa shape index (κ2) is 13.6. The molecule has 1 aliphatic carbocycles. The number of phenols is 1. The fourth-order valence-corrected chi connectivity index (χ4v) is 9.13. The van der Waals surface area contributed by atoms with Gasteiger partial charge in [0, 0.05) is 5.56 Å². The third-order valence-electron chi connectivity index (χ3n) is 5.94. The average Bonchev–Trinajstić information content (AvgIpc) is 2.82. The summed E-state index contributed by atoms with van der Waals surface area (Å²) < 4.78 is 51.8. The molecule has 0 aromatic heterocycles. The van der Waals surface area contributed by atoms with Gasteiger partial charge in [-0.05, 0) is 73.6 Å². The van der Waals surface area contributed by atoms with Gasteiger partial charge in [-0.2, -0.15) is 0 Å². The van der Waals surface area contributed by atoms with E-state index in [1.165, 1.54) is 0 Å². The van der Waals surface area contributed by atoms with E-state index in [1.807, 2.05) is 27.7 Å². The molecule has 0 spiro atoms. The van der Waals surface area contributed by atoms with Crippen LogP contribution in [0.15, 0.2) is 17.2 Å². The lowest BCUT2D eigenvalue weighted by Crippen LogP contribution is -2.24. The minimum Gasteiger partial charge on any atom is -0.508 e. The van der Waals surface area contributed by atoms with E-state index in [0.717, 1.165) is 36.0 Å². The SMILES string of the molecule is CCCOP(=O)(OCCC)C(=Cc1ccc(O)c2c1CCCC2(C)C)P(=O)(OCCC)OCCC. The molecule has 0 saturated carbocycles. The predicted molar refractivity (Wildman–Crippen MR) is 142 cm³/mol. The Morgan fingerprint density at radius 3 is 1.77 bits per heavy atom. The predicted octanol–water partition coefficient (Wildman–Crippen LogP) is 8.40. The van der Waals surface area contributed by atoms with E-state index in [1.54, 1.807) is 18.2 Å². The fraction of sp³-hybridized carbons (Fsp3) is 0.692. The molecule has 1 aromatic carbocycles. The lowest BCUT2D eigenvalue weighted by molar-refractivity contribution is 0.199. The van der Waals surface area contributed by atoms with Crippen LogP contribution < -0.4 is 0 Å². The molecule has 0 amide bonds. The summed E-state index contributed by atoms with van der Waals surface area (Å²) in [5, 5.41) is 10.6. The highest BCUT2D eigenvalue weighted by Gasteiger charge is 2.46. The monoisotopic (exact) mass is 530 g/mol. The van der Waals surface area contributed by atoms with Crippen molar-refractivity contribution in [1.82, 2.24) is 0 Å². The largest absolute Gasteiger partial charge is 0.508 e. The molecule has 0 saturated heterocycles. The van der Waals surface area contributed by atoms with Crippen molar-refractivity contribution in [1.29, 1.82) is 0 Å². The second-order valence-corrected chi connectivity index (χ2v) is 13.9. The van der Waals surface area contributed by atoms with Gasteiger partial charge >= 0.3 is 15.2 Å². The Kier molecular flexibility index (Phi) is 11.7. The topological polar surface area (TPSA) is 91.3 Å². The third-order valence-corrected chi connectivity index (χ3v) is 10.9. The molecular formula is C26H44O7P2. The van der Waals surface area contributed by atoms with Gasteiger partial charge in [-0.15, -0.1) is 0 Å². The van der Waals surface area contributed by atoms with Crippen molar-refractivity contribution in [2.24, 2.45) is 0 Å². The standard InChI is InChI=1S/C26H44O7P2/c1-7-16-30-34(28,31-17-8-2)24(35(29,32-18-9-3)33-19-10-4)20-21-13-14-23(27)25-22(21)12-11-15-26(25,5)6/h13-14,20,27H,7-12,15-19H2,1-6H3. The van der Waals surface area contributed by atoms with E-state index in [9.17, 15) is 14.2 Å². The molecule has 0 fully saturated rings. The van der Waals surface area contributed by atoms with Gasteiger partial charge in [0.1, 0.15) is 5.75 Å². The van der Waals surface area contributed by atoms with Crippen molar-refractivity contribution in [2.75, 3.05) is 26.4 Å². The molecule has 1 aliphatic rings. The van der Waals surface area contributed by atoms with Gasteiger partial charge in [0.15, 0.2) is 5.06 Å². The summed E-state index contributed by atoms with van der Waals surface area (Å²) in [6.07, 6.45) is 6.74. The van der Waals surface area contributed by atoms with Crippen molar-refractivity contribution in [3.8, 4) is 5.75 Å². The maximum absolute atomic E-state index is 14.3. The first-order chi connectivity index (χ1) is 16.6. The zero-order valence-electron chi connectivity index (χ0n) is 22.3. The third kappa shape index (κ3) is 7.53. The highest BCUT2D eigenvalue weighted by Crippen LogP contribution is 2.74. The number of fused-ring (bicyclic) bond motifs is 1. The van der Waals surface area contributed by atoms with E-state index < -0.39 is 15.2 Å². The Bertz CT molecular complexity index is 895. The summed E-state index contributed by atoms with van der Waals surface area (Å²) in [5.41, 5.74) is 2.33. The number of benzene rings is 1. The van der Waals surface area contributed by atoms with Crippen molar-refractivity contribution < 1.29 is 32.3 Å². The highest BCUT2D eigenvalue weighted by atomic mass is 31.2. The molecule has 35 heavy (non-hydrogen) atoms. The van der Waals surface area contributed by atoms with Crippen LogP contribution in [0.3, 0.4) is 0 Å². The van der Waals surface area contributed by atoms with E-state index >= 15 is 0 Å². The van der Waals surface area contributed by atoms with E-state index in [4.69, 9.17) is 18.1 Å². The highest BCUT2D eigenvalue weighted by molar-refractivity contribution is 7.79. The van der Waals surface area contributed by atoms with Crippen LogP contribution in [0, 0.1) is 0 Å². The Balaban J connectivity index is 2.81. The summed E-state index contributed by atoms with van der Waals surface area (Å²) in [4.78, 5) is 0. The smallest absolute Gasteiger partial charge is 0.369 e. The molecule has 200 valence electrons. The van der Waals surface area contributed by atoms with Crippen LogP contribution in [0.1, 0.15) is 96.8 Å². The minimum absolute atomic E-state index is 0.0648. The quantitative estimate of drug-likeness (QED) is 0.228. The summed E-state index contributed by atoms with van der Waals surface area (Å²) >= 11 is 0. The lowest BCUT2D eigenvalue weighted by Gasteiger charge is -2.34. The lowest BCUT2D eigenvalue weighted by atomic mass is 9.71. The van der Waals surface area contributed by atoms with Crippen LogP contribution in [0.5, 0.6) is 5.75 Å². The molecular weight excluding hydrogens is 486 g/mol. The molecule has 0 radical (unpaired) electrons. The number of hydrogen-bond acceptors (Lipinski definition) is 7. The van der Waals surface area contributed by atoms with Crippen molar-refractivity contribution in [2.45, 2.75) is 91.9 Å². The maximum atomic E-state index is 14.3. The van der Waals surface area contributed by atoms with Gasteiger partial charge in [0.05, 0.1) is 26.4 Å². The second-order valence-electron chi connectivity index (χ2n) is 9.60. The molecule has 0 atom stereocenters. The first-order valence-corrected chi connectivity index (χ1v) is 16.0. The van der Waals surface area contributed by atoms with Crippen LogP contribution >= 0.6 is 15.2 Å². The maximum Gasteiger partial charge on any atom is 0.369 e. The summed E-state index contributed by atoms with van der Waals surface area (Å²) in [7, 11) is -8.05. The number of hydrogen-bond donors (Lipinski definition) is 1. The van der Waals surface area contributed by atoms with Gasteiger partial charge in [-0.3, -0.25) is 9.13 Å². The zero-order valence-corrected chi connectivity index (χ0v) is 24.1. The first kappa shape index (κ1) is 30.3. The van der Waals surface area contributed by atoms with E-state index in [2.05, 4.69) is 13.8 Å². The Morgan fingerprint density at radius 1 is 0.886 bits per heavy atom. The Morgan fingerprint density at radius 2 is 1.34 bits per heavy atom. The van der Waals surface area contributed by atoms with Gasteiger partial charge in [0.25, 0.3) is 0 Å². The average molecular weight is 531 g/mol. The number of aromatic hydroxyl groups is 1. The van der Waals surface area contributed by atoms with Crippen LogP contribution in [0.2, 0.25) is 0 Å². The van der Waals surface area contributed by atoms with E-state index in [0.29, 0.717) is 25.7 Å². The summed E-state index contributed by atoms with van der Waals surface area (Å²) in [5.74, 6) is 0.240. The Hall–Kier alpha value is -0.940.